The van der Waals surface area contributed by atoms with Crippen LogP contribution in [0.5, 0.6) is 23.0 Å². The molecule has 9 aromatic heterocycles. The molecular weight excluding hydrogens is 1870 g/mol. The Bertz CT molecular complexity index is 6800. The fraction of sp³-hybridized carbons (Fsp3) is 0.333. The number of rotatable bonds is 22. The van der Waals surface area contributed by atoms with Crippen LogP contribution in [0.3, 0.4) is 0 Å². The minimum absolute atomic E-state index is 0.0135. The molecule has 690 valence electrons. The molecule has 1 amide bonds. The molecule has 2 saturated heterocycles. The molecule has 11 heterocycles. The largest absolute Gasteiger partial charge is 0.486 e. The molecule has 0 saturated carbocycles. The average molecular weight is 1970 g/mol. The van der Waals surface area contributed by atoms with Gasteiger partial charge in [0.2, 0.25) is 5.91 Å². The van der Waals surface area contributed by atoms with Gasteiger partial charge in [-0.15, -0.1) is 21.5 Å². The third-order valence-corrected chi connectivity index (χ3v) is 26.7. The predicted molar refractivity (Wildman–Crippen MR) is 515 cm³/mol. The third kappa shape index (κ3) is 19.7. The Morgan fingerprint density at radius 3 is 1.40 bits per heavy atom. The summed E-state index contributed by atoms with van der Waals surface area (Å²) in [6.45, 7) is 23.6. The van der Waals surface area contributed by atoms with E-state index in [2.05, 4.69) is 55.4 Å². The maximum absolute atomic E-state index is 13.3. The number of carbonyl (C=O) groups excluding carboxylic acids is 1. The molecule has 4 N–H and O–H groups in total. The van der Waals surface area contributed by atoms with Gasteiger partial charge in [0.05, 0.1) is 112 Å². The van der Waals surface area contributed by atoms with Crippen LogP contribution in [0, 0.1) is 33.6 Å². The number of aromatic nitrogens is 14. The van der Waals surface area contributed by atoms with Gasteiger partial charge in [-0.05, 0) is 195 Å². The van der Waals surface area contributed by atoms with Gasteiger partial charge in [0, 0.05) is 105 Å². The number of benzene rings is 6. The molecule has 4 unspecified atom stereocenters. The maximum atomic E-state index is 13.3. The van der Waals surface area contributed by atoms with Crippen molar-refractivity contribution in [1.29, 1.82) is 0 Å². The van der Waals surface area contributed by atoms with Crippen LogP contribution < -0.4 is 23.8 Å². The number of fused-ring (bicyclic) bond motifs is 4. The summed E-state index contributed by atoms with van der Waals surface area (Å²) in [5.41, 5.74) is 4.59. The van der Waals surface area contributed by atoms with Crippen LogP contribution in [0.1, 0.15) is 158 Å². The zero-order chi connectivity index (χ0) is 95.1. The lowest BCUT2D eigenvalue weighted by molar-refractivity contribution is -0.131. The number of alkyl halides is 2. The van der Waals surface area contributed by atoms with Crippen LogP contribution in [0.4, 0.5) is 14.6 Å². The SMILES string of the molecule is CC(=O)N1CCC(C(O)(c2ccccc2)c2ccc3nc(Cl)c(OC(C)C)c(Cl)c3c2)CC1.Cc1ccc(C(O)(c2ccc3nc(N4CCC4)c(OC(C)C)c(Cl)c3c2)c2cnnn2C)c(C)n1.Cc1nc(C)c(C(O)(c2ccc3nc(Cl)c(OC(C)C)c(Cl)c3c2)c2cnnn2C)s1.Cn1cncc1C(O)(c1ccc(Cl)cc1)c1ccc2nc(Cl)c(OCC(C)(F)F)c(Cl)c2c1. The van der Waals surface area contributed by atoms with E-state index in [9.17, 15) is 34.0 Å². The molecule has 2 fully saturated rings. The quantitative estimate of drug-likeness (QED) is 0.0458. The van der Waals surface area contributed by atoms with Crippen LogP contribution in [0.2, 0.25) is 40.6 Å². The number of carbonyl (C=O) groups is 1. The number of amides is 1. The number of anilines is 1. The monoisotopic (exact) mass is 1970 g/mol. The second-order valence-corrected chi connectivity index (χ2v) is 37.7. The highest BCUT2D eigenvalue weighted by molar-refractivity contribution is 7.11. The molecule has 2 aliphatic rings. The molecule has 36 heteroatoms. The summed E-state index contributed by atoms with van der Waals surface area (Å²) in [6, 6.07) is 41.8. The second kappa shape index (κ2) is 39.7. The molecule has 4 atom stereocenters. The fourth-order valence-electron chi connectivity index (χ4n) is 16.5. The first-order valence-electron chi connectivity index (χ1n) is 42.3. The van der Waals surface area contributed by atoms with Crippen LogP contribution in [-0.2, 0) is 48.3 Å². The molecule has 17 rings (SSSR count). The van der Waals surface area contributed by atoms with E-state index in [4.69, 9.17) is 117 Å². The standard InChI is InChI=1S/C26H28Cl2N2O3.C26H29ClN6O2.C23H18Cl3F2N3O2.C21H21Cl2N5O2S/c1-16(2)33-24-23(27)21-15-20(9-10-22(21)29-25(24)28)26(32,18-7-5-4-6-8-18)19-11-13-30(14-12-19)17(3)31;1-15(2)35-24-23(27)19-13-18(8-10-21(19)30-25(24)33-11-6-12-33)26(34,22-14-28-31-32(22)5)20-9-7-16(3)29-17(20)4;1-22(27,28)11-33-20-19(25)16-9-14(5-8-17(16)30-21(20)26)23(32,18-10-29-12-31(18)2)13-3-6-15(24)7-4-13;1-10(2)30-18-17(22)14-8-13(6-7-15(14)26-20(18)23)21(29,16-9-24-27-28(16)5)19-11(3)25-12(4)31-19/h4-10,15-16,19,32H,11-14H2,1-3H3;7-10,13-15,34H,6,11-12H2,1-5H3;3-10,12,32H,11H2,1-2H3;6-10,29H,1-5H3. The lowest BCUT2D eigenvalue weighted by atomic mass is 9.72. The minimum atomic E-state index is -3.09. The number of nitrogens with zero attached hydrogens (tertiary/aromatic N) is 16. The lowest BCUT2D eigenvalue weighted by Crippen LogP contribution is -2.45. The van der Waals surface area contributed by atoms with Crippen molar-refractivity contribution in [2.24, 2.45) is 27.1 Å². The first kappa shape index (κ1) is 97.7. The van der Waals surface area contributed by atoms with E-state index in [1.807, 2.05) is 153 Å². The summed E-state index contributed by atoms with van der Waals surface area (Å²) in [5, 5.41) is 70.2. The number of likely N-dealkylation sites (tertiary alicyclic amines) is 1. The van der Waals surface area contributed by atoms with Crippen molar-refractivity contribution >= 4 is 159 Å². The summed E-state index contributed by atoms with van der Waals surface area (Å²) in [6.07, 6.45) is 8.45. The van der Waals surface area contributed by atoms with Crippen molar-refractivity contribution in [2.75, 3.05) is 37.7 Å². The average Bonchev–Trinajstić information content (AvgIpc) is 1.41. The molecule has 0 radical (unpaired) electrons. The fourth-order valence-corrected chi connectivity index (χ4v) is 19.7. The van der Waals surface area contributed by atoms with E-state index in [1.165, 1.54) is 11.3 Å². The van der Waals surface area contributed by atoms with E-state index in [0.717, 1.165) is 71.0 Å². The molecule has 25 nitrogen and oxygen atoms in total. The zero-order valence-electron chi connectivity index (χ0n) is 74.7. The summed E-state index contributed by atoms with van der Waals surface area (Å²) < 4.78 is 54.4. The van der Waals surface area contributed by atoms with Gasteiger partial charge in [-0.25, -0.2) is 48.0 Å². The Morgan fingerprint density at radius 2 is 0.955 bits per heavy atom. The van der Waals surface area contributed by atoms with Gasteiger partial charge < -0.3 is 53.7 Å². The number of pyridine rings is 5. The Labute approximate surface area is 805 Å². The topological polar surface area (TPSA) is 298 Å². The predicted octanol–water partition coefficient (Wildman–Crippen LogP) is 21.2. The number of ether oxygens (including phenoxy) is 4. The van der Waals surface area contributed by atoms with Crippen molar-refractivity contribution < 1.29 is 52.9 Å². The van der Waals surface area contributed by atoms with Crippen LogP contribution in [0.25, 0.3) is 43.6 Å². The van der Waals surface area contributed by atoms with Crippen LogP contribution >= 0.6 is 104 Å². The van der Waals surface area contributed by atoms with E-state index >= 15 is 0 Å². The number of hydrogen-bond acceptors (Lipinski definition) is 22. The third-order valence-electron chi connectivity index (χ3n) is 23.0. The van der Waals surface area contributed by atoms with Gasteiger partial charge in [-0.1, -0.05) is 176 Å². The highest BCUT2D eigenvalue weighted by atomic mass is 35.5. The van der Waals surface area contributed by atoms with E-state index in [-0.39, 0.29) is 56.4 Å². The van der Waals surface area contributed by atoms with E-state index in [0.29, 0.717) is 151 Å². The number of aliphatic hydroxyl groups is 4. The Hall–Kier alpha value is -10.3. The van der Waals surface area contributed by atoms with Crippen molar-refractivity contribution in [3.05, 3.63) is 288 Å². The zero-order valence-corrected chi connectivity index (χ0v) is 81.6. The van der Waals surface area contributed by atoms with E-state index in [1.54, 1.807) is 128 Å². The molecule has 0 spiro atoms. The number of halogens is 10. The van der Waals surface area contributed by atoms with Crippen molar-refractivity contribution in [1.82, 2.24) is 74.3 Å². The molecular formula is C96H96Cl8F2N16O9S. The summed E-state index contributed by atoms with van der Waals surface area (Å²) >= 11 is 53.1. The lowest BCUT2D eigenvalue weighted by Gasteiger charge is -2.42. The van der Waals surface area contributed by atoms with Crippen LogP contribution in [-0.4, -0.2) is 158 Å². The first-order valence-corrected chi connectivity index (χ1v) is 46.2. The summed E-state index contributed by atoms with van der Waals surface area (Å²) in [4.78, 5) is 47.8. The number of piperidine rings is 1. The summed E-state index contributed by atoms with van der Waals surface area (Å²) in [7, 11) is 5.25. The minimum Gasteiger partial charge on any atom is -0.486 e. The molecule has 6 aromatic carbocycles. The molecule has 132 heavy (non-hydrogen) atoms. The number of hydrogen-bond donors (Lipinski definition) is 4. The van der Waals surface area contributed by atoms with Crippen molar-refractivity contribution in [3.8, 4) is 23.0 Å². The highest BCUT2D eigenvalue weighted by Gasteiger charge is 2.46. The number of thiazole rings is 1. The number of imidazole rings is 1. The number of aryl methyl sites for hydroxylation is 7. The van der Waals surface area contributed by atoms with E-state index < -0.39 is 34.9 Å². The first-order chi connectivity index (χ1) is 62.5. The smallest absolute Gasteiger partial charge is 0.278 e. The highest BCUT2D eigenvalue weighted by Crippen LogP contribution is 2.51. The van der Waals surface area contributed by atoms with Crippen molar-refractivity contribution in [3.63, 3.8) is 0 Å². The normalized spacial score (nSPS) is 14.9. The van der Waals surface area contributed by atoms with Gasteiger partial charge in [-0.2, -0.15) is 0 Å². The van der Waals surface area contributed by atoms with Gasteiger partial charge in [0.15, 0.2) is 67.7 Å². The maximum Gasteiger partial charge on any atom is 0.278 e. The van der Waals surface area contributed by atoms with Gasteiger partial charge in [0.25, 0.3) is 5.92 Å². The summed E-state index contributed by atoms with van der Waals surface area (Å²) in [5.74, 6) is -1.25. The Kier molecular flexibility index (Phi) is 29.4. The van der Waals surface area contributed by atoms with Gasteiger partial charge in [-0.3, -0.25) is 9.78 Å². The van der Waals surface area contributed by atoms with Gasteiger partial charge >= 0.3 is 0 Å². The second-order valence-electron chi connectivity index (χ2n) is 33.5. The Morgan fingerprint density at radius 1 is 0.500 bits per heavy atom. The van der Waals surface area contributed by atoms with Crippen molar-refractivity contribution in [2.45, 2.75) is 149 Å². The molecule has 0 aliphatic carbocycles. The van der Waals surface area contributed by atoms with Gasteiger partial charge in [0.1, 0.15) is 11.3 Å². The van der Waals surface area contributed by atoms with Crippen LogP contribution in [0.15, 0.2) is 164 Å². The molecule has 2 aliphatic heterocycles. The molecule has 15 aromatic rings. The Balaban J connectivity index is 0.000000142. The molecule has 0 bridgehead atoms.